The fourth-order valence-corrected chi connectivity index (χ4v) is 5.98. The van der Waals surface area contributed by atoms with E-state index < -0.39 is 21.7 Å². The summed E-state index contributed by atoms with van der Waals surface area (Å²) in [4.78, 5) is 12.2. The van der Waals surface area contributed by atoms with E-state index in [1.54, 1.807) is 11.6 Å². The quantitative estimate of drug-likeness (QED) is 0.753. The van der Waals surface area contributed by atoms with Gasteiger partial charge in [-0.1, -0.05) is 12.8 Å². The van der Waals surface area contributed by atoms with Crippen LogP contribution < -0.4 is 5.69 Å². The number of rotatable bonds is 4. The van der Waals surface area contributed by atoms with Crippen LogP contribution in [0.1, 0.15) is 56.3 Å². The van der Waals surface area contributed by atoms with Gasteiger partial charge < -0.3 is 0 Å². The highest BCUT2D eigenvalue weighted by Crippen LogP contribution is 2.34. The largest absolute Gasteiger partial charge is 0.345 e. The SMILES string of the molecule is Cn1nc(C2CCN(S(=O)(=O)c3cc(F)cc(F)c3)CC2)n(C2CCCC2)c1=O. The standard InChI is InChI=1S/C19H24F2N4O3S/c1-23-19(26)25(16-4-2-3-5-16)18(22-23)13-6-8-24(9-7-13)29(27,28)17-11-14(20)10-15(21)12-17/h10-13,16H,2-9H2,1H3. The van der Waals surface area contributed by atoms with Crippen molar-refractivity contribution < 1.29 is 17.2 Å². The van der Waals surface area contributed by atoms with Crippen LogP contribution in [0.25, 0.3) is 0 Å². The smallest absolute Gasteiger partial charge is 0.276 e. The van der Waals surface area contributed by atoms with E-state index in [0.717, 1.165) is 43.6 Å². The van der Waals surface area contributed by atoms with Gasteiger partial charge in [-0.05, 0) is 37.8 Å². The molecule has 1 aliphatic heterocycles. The Bertz CT molecular complexity index is 1050. The van der Waals surface area contributed by atoms with Gasteiger partial charge in [-0.25, -0.2) is 26.7 Å². The molecule has 2 fully saturated rings. The highest BCUT2D eigenvalue weighted by atomic mass is 32.2. The Labute approximate surface area is 168 Å². The molecule has 0 atom stereocenters. The van der Waals surface area contributed by atoms with Gasteiger partial charge >= 0.3 is 5.69 Å². The van der Waals surface area contributed by atoms with Crippen molar-refractivity contribution in [2.75, 3.05) is 13.1 Å². The van der Waals surface area contributed by atoms with Crippen molar-refractivity contribution in [1.29, 1.82) is 0 Å². The molecule has 1 aromatic carbocycles. The zero-order valence-electron chi connectivity index (χ0n) is 16.2. The first kappa shape index (κ1) is 20.2. The van der Waals surface area contributed by atoms with Gasteiger partial charge in [-0.3, -0.25) is 4.57 Å². The summed E-state index contributed by atoms with van der Waals surface area (Å²) in [5.74, 6) is -1.15. The fraction of sp³-hybridized carbons (Fsp3) is 0.579. The molecule has 4 rings (SSSR count). The highest BCUT2D eigenvalue weighted by molar-refractivity contribution is 7.89. The molecule has 0 bridgehead atoms. The van der Waals surface area contributed by atoms with Crippen LogP contribution in [0.5, 0.6) is 0 Å². The van der Waals surface area contributed by atoms with Crippen molar-refractivity contribution in [3.63, 3.8) is 0 Å². The molecule has 0 N–H and O–H groups in total. The van der Waals surface area contributed by atoms with Crippen molar-refractivity contribution >= 4 is 10.0 Å². The lowest BCUT2D eigenvalue weighted by molar-refractivity contribution is 0.304. The third-order valence-corrected chi connectivity index (χ3v) is 7.84. The van der Waals surface area contributed by atoms with Gasteiger partial charge in [0.25, 0.3) is 0 Å². The zero-order valence-corrected chi connectivity index (χ0v) is 17.0. The number of piperidine rings is 1. The first-order chi connectivity index (χ1) is 13.8. The van der Waals surface area contributed by atoms with E-state index in [2.05, 4.69) is 5.10 Å². The van der Waals surface area contributed by atoms with Crippen LogP contribution in [0.4, 0.5) is 8.78 Å². The minimum Gasteiger partial charge on any atom is -0.276 e. The lowest BCUT2D eigenvalue weighted by Crippen LogP contribution is -2.38. The van der Waals surface area contributed by atoms with Gasteiger partial charge in [-0.2, -0.15) is 9.40 Å². The molecule has 0 radical (unpaired) electrons. The molecule has 10 heteroatoms. The topological polar surface area (TPSA) is 77.2 Å². The van der Waals surface area contributed by atoms with Gasteiger partial charge in [0.2, 0.25) is 10.0 Å². The van der Waals surface area contributed by atoms with Gasteiger partial charge in [-0.15, -0.1) is 0 Å². The number of aryl methyl sites for hydroxylation is 1. The number of nitrogens with zero attached hydrogens (tertiary/aromatic N) is 4. The van der Waals surface area contributed by atoms with Crippen LogP contribution in [-0.4, -0.2) is 40.2 Å². The first-order valence-corrected chi connectivity index (χ1v) is 11.3. The lowest BCUT2D eigenvalue weighted by atomic mass is 9.97. The molecule has 1 saturated heterocycles. The van der Waals surface area contributed by atoms with Crippen molar-refractivity contribution in [3.8, 4) is 0 Å². The Morgan fingerprint density at radius 1 is 1.00 bits per heavy atom. The Hall–Kier alpha value is -2.07. The summed E-state index contributed by atoms with van der Waals surface area (Å²) in [5, 5.41) is 4.45. The minimum atomic E-state index is -3.98. The van der Waals surface area contributed by atoms with Gasteiger partial charge in [0, 0.05) is 38.2 Å². The van der Waals surface area contributed by atoms with Gasteiger partial charge in [0.1, 0.15) is 17.5 Å². The monoisotopic (exact) mass is 426 g/mol. The van der Waals surface area contributed by atoms with E-state index in [0.29, 0.717) is 18.9 Å². The second-order valence-corrected chi connectivity index (χ2v) is 9.79. The number of sulfonamides is 1. The maximum absolute atomic E-state index is 13.5. The van der Waals surface area contributed by atoms with Crippen molar-refractivity contribution in [3.05, 3.63) is 46.1 Å². The number of hydrogen-bond donors (Lipinski definition) is 0. The number of hydrogen-bond acceptors (Lipinski definition) is 4. The summed E-state index contributed by atoms with van der Waals surface area (Å²) < 4.78 is 56.9. The normalized spacial score (nSPS) is 19.8. The third-order valence-electron chi connectivity index (χ3n) is 5.96. The molecule has 2 aromatic rings. The predicted molar refractivity (Wildman–Crippen MR) is 102 cm³/mol. The van der Waals surface area contributed by atoms with Crippen LogP contribution in [0.3, 0.4) is 0 Å². The molecular weight excluding hydrogens is 402 g/mol. The average Bonchev–Trinajstić information content (AvgIpc) is 3.30. The van der Waals surface area contributed by atoms with Gasteiger partial charge in [0.15, 0.2) is 0 Å². The Kier molecular flexibility index (Phi) is 5.32. The summed E-state index contributed by atoms with van der Waals surface area (Å²) in [6, 6.07) is 2.47. The van der Waals surface area contributed by atoms with Crippen LogP contribution in [-0.2, 0) is 17.1 Å². The summed E-state index contributed by atoms with van der Waals surface area (Å²) in [6.45, 7) is 0.418. The van der Waals surface area contributed by atoms with E-state index >= 15 is 0 Å². The highest BCUT2D eigenvalue weighted by Gasteiger charge is 2.34. The molecule has 158 valence electrons. The summed E-state index contributed by atoms with van der Waals surface area (Å²) in [6.07, 6.45) is 5.09. The Morgan fingerprint density at radius 3 is 2.17 bits per heavy atom. The van der Waals surface area contributed by atoms with Crippen molar-refractivity contribution in [1.82, 2.24) is 18.7 Å². The number of halogens is 2. The molecule has 0 spiro atoms. The third kappa shape index (κ3) is 3.75. The number of benzene rings is 1. The van der Waals surface area contributed by atoms with E-state index in [1.807, 2.05) is 0 Å². The molecular formula is C19H24F2N4O3S. The molecule has 29 heavy (non-hydrogen) atoms. The van der Waals surface area contributed by atoms with E-state index in [-0.39, 0.29) is 35.6 Å². The summed E-state index contributed by atoms with van der Waals surface area (Å²) in [7, 11) is -2.35. The zero-order chi connectivity index (χ0) is 20.8. The van der Waals surface area contributed by atoms with Crippen LogP contribution in [0, 0.1) is 11.6 Å². The van der Waals surface area contributed by atoms with Crippen LogP contribution in [0.2, 0.25) is 0 Å². The van der Waals surface area contributed by atoms with Crippen molar-refractivity contribution in [2.45, 2.75) is 55.4 Å². The molecule has 0 amide bonds. The number of aromatic nitrogens is 3. The molecule has 2 aliphatic rings. The lowest BCUT2D eigenvalue weighted by Gasteiger charge is -2.31. The maximum Gasteiger partial charge on any atom is 0.345 e. The van der Waals surface area contributed by atoms with E-state index in [9.17, 15) is 22.0 Å². The molecule has 1 aliphatic carbocycles. The summed E-state index contributed by atoms with van der Waals surface area (Å²) >= 11 is 0. The molecule has 1 saturated carbocycles. The van der Waals surface area contributed by atoms with Crippen LogP contribution in [0.15, 0.2) is 27.9 Å². The van der Waals surface area contributed by atoms with E-state index in [1.165, 1.54) is 8.99 Å². The summed E-state index contributed by atoms with van der Waals surface area (Å²) in [5.41, 5.74) is -0.128. The second-order valence-electron chi connectivity index (χ2n) is 7.86. The van der Waals surface area contributed by atoms with Gasteiger partial charge in [0.05, 0.1) is 4.90 Å². The van der Waals surface area contributed by atoms with Crippen LogP contribution >= 0.6 is 0 Å². The minimum absolute atomic E-state index is 0.0276. The van der Waals surface area contributed by atoms with Crippen molar-refractivity contribution in [2.24, 2.45) is 7.05 Å². The molecule has 0 unspecified atom stereocenters. The molecule has 7 nitrogen and oxygen atoms in total. The Balaban J connectivity index is 1.54. The fourth-order valence-electron chi connectivity index (χ4n) is 4.46. The van der Waals surface area contributed by atoms with E-state index in [4.69, 9.17) is 0 Å². The first-order valence-electron chi connectivity index (χ1n) is 9.89. The maximum atomic E-state index is 13.5. The predicted octanol–water partition coefficient (Wildman–Crippen LogP) is 2.54. The Morgan fingerprint density at radius 2 is 1.59 bits per heavy atom. The molecule has 2 heterocycles. The second kappa shape index (κ2) is 7.64. The average molecular weight is 426 g/mol. The molecule has 1 aromatic heterocycles.